The van der Waals surface area contributed by atoms with Crippen LogP contribution >= 0.6 is 0 Å². The number of methoxy groups -OCH3 is 1. The summed E-state index contributed by atoms with van der Waals surface area (Å²) in [7, 11) is 1.30. The third kappa shape index (κ3) is 7.95. The zero-order valence-electron chi connectivity index (χ0n) is 34.2. The molecule has 4 aliphatic rings. The van der Waals surface area contributed by atoms with E-state index in [4.69, 9.17) is 14.7 Å². The van der Waals surface area contributed by atoms with Crippen LogP contribution in [0.1, 0.15) is 101 Å². The smallest absolute Gasteiger partial charge is 0.407 e. The molecule has 2 unspecified atom stereocenters. The van der Waals surface area contributed by atoms with Gasteiger partial charge in [-0.25, -0.2) is 9.78 Å². The van der Waals surface area contributed by atoms with Gasteiger partial charge in [-0.15, -0.1) is 0 Å². The maximum Gasteiger partial charge on any atom is 0.407 e. The number of carbonyl (C=O) groups excluding carboxylic acids is 3. The Morgan fingerprint density at radius 3 is 2.31 bits per heavy atom. The molecule has 4 aromatic rings. The molecule has 302 valence electrons. The maximum absolute atomic E-state index is 13.7. The van der Waals surface area contributed by atoms with Gasteiger partial charge in [0.05, 0.1) is 25.0 Å². The molecule has 3 amide bonds. The molecule has 3 N–H and O–H groups in total. The lowest BCUT2D eigenvalue weighted by atomic mass is 9.75. The minimum Gasteiger partial charge on any atom is -0.453 e. The van der Waals surface area contributed by atoms with Crippen LogP contribution < -0.4 is 10.6 Å². The summed E-state index contributed by atoms with van der Waals surface area (Å²) in [5.74, 6) is 2.21. The van der Waals surface area contributed by atoms with Crippen molar-refractivity contribution in [2.45, 2.75) is 90.8 Å². The number of pyridine rings is 1. The van der Waals surface area contributed by atoms with Crippen LogP contribution in [0.5, 0.6) is 0 Å². The fourth-order valence-corrected chi connectivity index (χ4v) is 9.77. The number of nitrogens with one attached hydrogen (secondary N) is 3. The second-order valence-electron chi connectivity index (χ2n) is 17.2. The number of aliphatic imine (C=N–C) groups is 1. The van der Waals surface area contributed by atoms with Gasteiger partial charge in [0, 0.05) is 55.7 Å². The maximum atomic E-state index is 13.7. The van der Waals surface area contributed by atoms with Crippen LogP contribution in [-0.2, 0) is 20.9 Å². The summed E-state index contributed by atoms with van der Waals surface area (Å²) >= 11 is 0. The minimum atomic E-state index is -0.674. The highest BCUT2D eigenvalue weighted by Crippen LogP contribution is 2.54. The van der Waals surface area contributed by atoms with E-state index in [1.165, 1.54) is 24.7 Å². The third-order valence-corrected chi connectivity index (χ3v) is 12.9. The number of ether oxygens (including phenoxy) is 1. The Kier molecular flexibility index (Phi) is 11.3. The van der Waals surface area contributed by atoms with E-state index in [1.807, 2.05) is 43.5 Å². The first kappa shape index (κ1) is 39.3. The Morgan fingerprint density at radius 1 is 0.897 bits per heavy atom. The van der Waals surface area contributed by atoms with E-state index in [0.29, 0.717) is 30.8 Å². The van der Waals surface area contributed by atoms with Gasteiger partial charge in [-0.2, -0.15) is 0 Å². The van der Waals surface area contributed by atoms with Crippen molar-refractivity contribution in [1.82, 2.24) is 30.5 Å². The first-order valence-corrected chi connectivity index (χ1v) is 21.0. The predicted octanol–water partition coefficient (Wildman–Crippen LogP) is 8.47. The van der Waals surface area contributed by atoms with Crippen LogP contribution in [0.4, 0.5) is 4.79 Å². The number of hydrogen-bond donors (Lipinski definition) is 3. The number of hydrogen-bond acceptors (Lipinski definition) is 7. The number of alkyl carbamates (subject to hydrolysis) is 1. The van der Waals surface area contributed by atoms with Gasteiger partial charge in [-0.1, -0.05) is 82.3 Å². The second-order valence-corrected chi connectivity index (χ2v) is 17.2. The van der Waals surface area contributed by atoms with Crippen LogP contribution in [0.25, 0.3) is 28.0 Å². The average Bonchev–Trinajstić information content (AvgIpc) is 4.10. The number of aromatic amines is 1. The SMILES string of the molecule is COC(=O)N[C@H](C(=O)N1CCC[C@H]1c1ncc(-c2ccc(-c3ccc(C4=CN=C([C@H]5C6CCC(C6)[C@@H]5C(=O)NCc5cncc(C(C)C)c5)C4)cc3)cc2)[nH]1)C(C)C. The molecule has 2 bridgehead atoms. The van der Waals surface area contributed by atoms with Gasteiger partial charge in [-0.05, 0) is 94.7 Å². The standard InChI is InChI=1S/C47H55N7O4/c1-27(2)36-19-29(22-48-24-36)23-51-45(55)42-35-17-16-34(20-35)41(42)38-21-37(25-49-38)32-10-8-30(9-11-32)31-12-14-33(15-13-31)39-26-50-44(52-39)40-7-6-18-54(40)46(56)43(28(3)4)53-47(57)58-5/h8-15,19,22,24-28,34-35,40-43H,6-7,16-18,20-21,23H2,1-5H3,(H,50,52)(H,51,55)(H,53,57)/t34?,35?,40-,41+,42-,43-/m0/s1. The number of carbonyl (C=O) groups is 3. The van der Waals surface area contributed by atoms with Gasteiger partial charge in [0.2, 0.25) is 11.8 Å². The molecule has 11 nitrogen and oxygen atoms in total. The second kappa shape index (κ2) is 16.7. The number of fused-ring (bicyclic) bond motifs is 2. The van der Waals surface area contributed by atoms with Crippen molar-refractivity contribution in [3.05, 3.63) is 102 Å². The van der Waals surface area contributed by atoms with E-state index in [-0.39, 0.29) is 35.6 Å². The number of likely N-dealkylation sites (tertiary alicyclic amines) is 1. The zero-order valence-corrected chi connectivity index (χ0v) is 34.2. The number of rotatable bonds is 12. The number of allylic oxidation sites excluding steroid dienone is 1. The third-order valence-electron chi connectivity index (χ3n) is 12.9. The Balaban J connectivity index is 0.882. The Bertz CT molecular complexity index is 2210. The molecule has 0 spiro atoms. The van der Waals surface area contributed by atoms with Crippen LogP contribution in [0.15, 0.2) is 84.4 Å². The number of nitrogens with zero attached hydrogens (tertiary/aromatic N) is 4. The van der Waals surface area contributed by atoms with Crippen LogP contribution in [0.2, 0.25) is 0 Å². The van der Waals surface area contributed by atoms with Gasteiger partial charge in [-0.3, -0.25) is 19.6 Å². The van der Waals surface area contributed by atoms with Crippen LogP contribution in [-0.4, -0.2) is 63.2 Å². The van der Waals surface area contributed by atoms with Crippen molar-refractivity contribution < 1.29 is 19.1 Å². The lowest BCUT2D eigenvalue weighted by Crippen LogP contribution is -2.51. The quantitative estimate of drug-likeness (QED) is 0.132. The monoisotopic (exact) mass is 781 g/mol. The summed E-state index contributed by atoms with van der Waals surface area (Å²) in [6.45, 7) is 9.26. The molecule has 3 fully saturated rings. The van der Waals surface area contributed by atoms with Gasteiger partial charge in [0.1, 0.15) is 11.9 Å². The summed E-state index contributed by atoms with van der Waals surface area (Å²) in [5, 5.41) is 5.98. The lowest BCUT2D eigenvalue weighted by molar-refractivity contribution is -0.135. The Morgan fingerprint density at radius 2 is 1.60 bits per heavy atom. The topological polar surface area (TPSA) is 142 Å². The molecular weight excluding hydrogens is 727 g/mol. The fourth-order valence-electron chi connectivity index (χ4n) is 9.77. The van der Waals surface area contributed by atoms with Crippen molar-refractivity contribution in [2.24, 2.45) is 34.6 Å². The fraction of sp³-hybridized carbons (Fsp3) is 0.447. The van der Waals surface area contributed by atoms with E-state index in [0.717, 1.165) is 77.2 Å². The summed E-state index contributed by atoms with van der Waals surface area (Å²) in [4.78, 5) is 58.7. The lowest BCUT2D eigenvalue weighted by Gasteiger charge is -2.30. The Labute approximate surface area is 341 Å². The molecule has 1 saturated heterocycles. The van der Waals surface area contributed by atoms with E-state index in [9.17, 15) is 14.4 Å². The highest BCUT2D eigenvalue weighted by molar-refractivity contribution is 6.02. The van der Waals surface area contributed by atoms with Gasteiger partial charge in [0.25, 0.3) is 0 Å². The molecule has 2 aromatic carbocycles. The molecule has 2 saturated carbocycles. The first-order valence-electron chi connectivity index (χ1n) is 21.0. The van der Waals surface area contributed by atoms with Crippen molar-refractivity contribution in [3.63, 3.8) is 0 Å². The summed E-state index contributed by atoms with van der Waals surface area (Å²) < 4.78 is 4.77. The predicted molar refractivity (Wildman–Crippen MR) is 225 cm³/mol. The van der Waals surface area contributed by atoms with Crippen LogP contribution in [0.3, 0.4) is 0 Å². The van der Waals surface area contributed by atoms with E-state index in [2.05, 4.69) is 89.0 Å². The molecule has 2 aliphatic carbocycles. The average molecular weight is 782 g/mol. The largest absolute Gasteiger partial charge is 0.453 e. The molecule has 0 radical (unpaired) electrons. The van der Waals surface area contributed by atoms with Crippen molar-refractivity contribution >= 4 is 29.2 Å². The molecule has 2 aliphatic heterocycles. The molecule has 8 rings (SSSR count). The molecular formula is C47H55N7O4. The molecule has 6 atom stereocenters. The Hall–Kier alpha value is -5.58. The van der Waals surface area contributed by atoms with E-state index >= 15 is 0 Å². The summed E-state index contributed by atoms with van der Waals surface area (Å²) in [6, 6.07) is 18.4. The molecule has 58 heavy (non-hydrogen) atoms. The van der Waals surface area contributed by atoms with Crippen molar-refractivity contribution in [1.29, 1.82) is 0 Å². The normalized spacial score (nSPS) is 22.9. The number of imidazole rings is 1. The number of amides is 3. The van der Waals surface area contributed by atoms with E-state index < -0.39 is 12.1 Å². The number of H-pyrrole nitrogens is 1. The molecule has 11 heteroatoms. The van der Waals surface area contributed by atoms with Crippen molar-refractivity contribution in [2.75, 3.05) is 13.7 Å². The molecule has 2 aromatic heterocycles. The van der Waals surface area contributed by atoms with E-state index in [1.54, 1.807) is 0 Å². The zero-order chi connectivity index (χ0) is 40.5. The van der Waals surface area contributed by atoms with Crippen molar-refractivity contribution in [3.8, 4) is 22.4 Å². The summed E-state index contributed by atoms with van der Waals surface area (Å²) in [6.07, 6.45) is 12.9. The number of benzene rings is 2. The minimum absolute atomic E-state index is 0.0221. The van der Waals surface area contributed by atoms with Gasteiger partial charge < -0.3 is 25.3 Å². The first-order chi connectivity index (χ1) is 28.1. The number of aromatic nitrogens is 3. The highest BCUT2D eigenvalue weighted by Gasteiger charge is 2.52. The highest BCUT2D eigenvalue weighted by atomic mass is 16.5. The van der Waals surface area contributed by atoms with Gasteiger partial charge >= 0.3 is 6.09 Å². The van der Waals surface area contributed by atoms with Crippen LogP contribution in [0, 0.1) is 29.6 Å². The molecule has 4 heterocycles. The van der Waals surface area contributed by atoms with Gasteiger partial charge in [0.15, 0.2) is 0 Å². The summed E-state index contributed by atoms with van der Waals surface area (Å²) in [5.41, 5.74) is 9.88.